The number of rotatable bonds is 6. The second-order valence-corrected chi connectivity index (χ2v) is 4.69. The molecule has 0 radical (unpaired) electrons. The molecule has 0 unspecified atom stereocenters. The Bertz CT molecular complexity index is 361. The first-order valence-electron chi connectivity index (χ1n) is 6.59. The van der Waals surface area contributed by atoms with Crippen LogP contribution in [0.15, 0.2) is 24.4 Å². The van der Waals surface area contributed by atoms with Gasteiger partial charge in [-0.3, -0.25) is 9.78 Å². The Balaban J connectivity index is 1.62. The molecule has 4 heteroatoms. The van der Waals surface area contributed by atoms with Gasteiger partial charge in [-0.1, -0.05) is 6.07 Å². The lowest BCUT2D eigenvalue weighted by Crippen LogP contribution is -2.30. The molecule has 0 spiro atoms. The molecule has 2 heterocycles. The average molecular weight is 248 g/mol. The van der Waals surface area contributed by atoms with E-state index in [-0.39, 0.29) is 12.4 Å². The van der Waals surface area contributed by atoms with Crippen LogP contribution in [0.3, 0.4) is 0 Å². The third-order valence-corrected chi connectivity index (χ3v) is 3.25. The average Bonchev–Trinajstić information content (AvgIpc) is 2.45. The Morgan fingerprint density at radius 2 is 2.44 bits per heavy atom. The second-order valence-electron chi connectivity index (χ2n) is 4.69. The van der Waals surface area contributed by atoms with Crippen LogP contribution in [0.5, 0.6) is 0 Å². The lowest BCUT2D eigenvalue weighted by molar-refractivity contribution is 0.0720. The van der Waals surface area contributed by atoms with Crippen molar-refractivity contribution in [1.29, 1.82) is 0 Å². The van der Waals surface area contributed by atoms with Gasteiger partial charge >= 0.3 is 0 Å². The van der Waals surface area contributed by atoms with Gasteiger partial charge in [-0.15, -0.1) is 0 Å². The van der Waals surface area contributed by atoms with Crippen LogP contribution < -0.4 is 5.32 Å². The lowest BCUT2D eigenvalue weighted by atomic mass is 9.97. The minimum absolute atomic E-state index is 0.0441. The zero-order valence-corrected chi connectivity index (χ0v) is 10.6. The molecule has 0 saturated carbocycles. The third-order valence-electron chi connectivity index (χ3n) is 3.25. The van der Waals surface area contributed by atoms with Crippen LogP contribution in [0.4, 0.5) is 0 Å². The Kier molecular flexibility index (Phi) is 5.30. The fourth-order valence-electron chi connectivity index (χ4n) is 2.19. The summed E-state index contributed by atoms with van der Waals surface area (Å²) < 4.78 is 5.44. The summed E-state index contributed by atoms with van der Waals surface area (Å²) in [7, 11) is 0. The smallest absolute Gasteiger partial charge is 0.206 e. The number of nitrogens with one attached hydrogen (secondary N) is 1. The van der Waals surface area contributed by atoms with Crippen molar-refractivity contribution < 1.29 is 9.53 Å². The number of aromatic nitrogens is 1. The van der Waals surface area contributed by atoms with Gasteiger partial charge in [0.15, 0.2) is 0 Å². The summed E-state index contributed by atoms with van der Waals surface area (Å²) in [6.07, 6.45) is 5.17. The molecule has 1 fully saturated rings. The topological polar surface area (TPSA) is 51.2 Å². The Morgan fingerprint density at radius 1 is 1.50 bits per heavy atom. The van der Waals surface area contributed by atoms with Crippen LogP contribution in [0, 0.1) is 5.92 Å². The zero-order valence-electron chi connectivity index (χ0n) is 10.6. The molecule has 98 valence electrons. The normalized spacial score (nSPS) is 19.7. The van der Waals surface area contributed by atoms with Crippen molar-refractivity contribution in [2.75, 3.05) is 26.3 Å². The summed E-state index contributed by atoms with van der Waals surface area (Å²) in [4.78, 5) is 15.7. The van der Waals surface area contributed by atoms with Crippen molar-refractivity contribution in [2.24, 2.45) is 5.92 Å². The van der Waals surface area contributed by atoms with E-state index in [1.807, 2.05) is 6.07 Å². The number of carbonyl (C=O) groups excluding carboxylic acids is 1. The molecule has 1 aromatic heterocycles. The molecule has 0 aliphatic carbocycles. The number of piperidine rings is 1. The number of carbonyl (C=O) groups is 1. The first kappa shape index (κ1) is 13.2. The van der Waals surface area contributed by atoms with E-state index in [4.69, 9.17) is 4.74 Å². The van der Waals surface area contributed by atoms with Gasteiger partial charge < -0.3 is 10.1 Å². The first-order chi connectivity index (χ1) is 8.86. The van der Waals surface area contributed by atoms with Gasteiger partial charge in [-0.2, -0.15) is 0 Å². The maximum atomic E-state index is 11.7. The molecule has 0 bridgehead atoms. The van der Waals surface area contributed by atoms with Crippen molar-refractivity contribution in [1.82, 2.24) is 10.3 Å². The Hall–Kier alpha value is -1.26. The maximum Gasteiger partial charge on any atom is 0.206 e. The molecule has 1 N–H and O–H groups in total. The van der Waals surface area contributed by atoms with Crippen LogP contribution in [0.25, 0.3) is 0 Å². The summed E-state index contributed by atoms with van der Waals surface area (Å²) in [5, 5.41) is 3.38. The standard InChI is InChI=1S/C14H20N2O2/c17-14(13-5-1-2-8-16-13)11-18-9-6-12-4-3-7-15-10-12/h1-2,5,8,12,15H,3-4,6-7,9-11H2/t12-/m0/s1. The van der Waals surface area contributed by atoms with E-state index in [1.54, 1.807) is 18.3 Å². The van der Waals surface area contributed by atoms with Gasteiger partial charge in [-0.05, 0) is 50.4 Å². The van der Waals surface area contributed by atoms with Crippen LogP contribution >= 0.6 is 0 Å². The molecule has 4 nitrogen and oxygen atoms in total. The van der Waals surface area contributed by atoms with Crippen molar-refractivity contribution >= 4 is 5.78 Å². The predicted octanol–water partition coefficient (Wildman–Crippen LogP) is 1.67. The molecular weight excluding hydrogens is 228 g/mol. The number of nitrogens with zero attached hydrogens (tertiary/aromatic N) is 1. The van der Waals surface area contributed by atoms with Gasteiger partial charge in [0.2, 0.25) is 5.78 Å². The molecule has 0 aromatic carbocycles. The number of ether oxygens (including phenoxy) is 1. The van der Waals surface area contributed by atoms with Gasteiger partial charge in [0.1, 0.15) is 12.3 Å². The van der Waals surface area contributed by atoms with Gasteiger partial charge in [0.05, 0.1) is 0 Å². The molecule has 0 amide bonds. The monoisotopic (exact) mass is 248 g/mol. The van der Waals surface area contributed by atoms with Crippen molar-refractivity contribution in [3.63, 3.8) is 0 Å². The number of pyridine rings is 1. The van der Waals surface area contributed by atoms with Crippen molar-refractivity contribution in [2.45, 2.75) is 19.3 Å². The molecule has 1 atom stereocenters. The summed E-state index contributed by atoms with van der Waals surface area (Å²) >= 11 is 0. The summed E-state index contributed by atoms with van der Waals surface area (Å²) in [5.74, 6) is 0.654. The second kappa shape index (κ2) is 7.24. The van der Waals surface area contributed by atoms with E-state index in [0.29, 0.717) is 18.2 Å². The number of hydrogen-bond acceptors (Lipinski definition) is 4. The highest BCUT2D eigenvalue weighted by molar-refractivity contribution is 5.95. The van der Waals surface area contributed by atoms with Crippen molar-refractivity contribution in [3.05, 3.63) is 30.1 Å². The highest BCUT2D eigenvalue weighted by Gasteiger charge is 2.13. The van der Waals surface area contributed by atoms with Crippen LogP contribution in [-0.4, -0.2) is 37.1 Å². The number of ketones is 1. The van der Waals surface area contributed by atoms with Gasteiger partial charge in [0.25, 0.3) is 0 Å². The largest absolute Gasteiger partial charge is 0.373 e. The van der Waals surface area contributed by atoms with Crippen LogP contribution in [0.1, 0.15) is 29.8 Å². The van der Waals surface area contributed by atoms with Gasteiger partial charge in [-0.25, -0.2) is 0 Å². The maximum absolute atomic E-state index is 11.7. The summed E-state index contributed by atoms with van der Waals surface area (Å²) in [5.41, 5.74) is 0.483. The summed E-state index contributed by atoms with van der Waals surface area (Å²) in [6, 6.07) is 5.33. The molecular formula is C14H20N2O2. The number of Topliss-reactive ketones (excluding diaryl/α,β-unsaturated/α-hetero) is 1. The van der Waals surface area contributed by atoms with Gasteiger partial charge in [0, 0.05) is 12.8 Å². The van der Waals surface area contributed by atoms with E-state index >= 15 is 0 Å². The van der Waals surface area contributed by atoms with E-state index in [2.05, 4.69) is 10.3 Å². The molecule has 18 heavy (non-hydrogen) atoms. The molecule has 1 saturated heterocycles. The Labute approximate surface area is 108 Å². The Morgan fingerprint density at radius 3 is 3.17 bits per heavy atom. The highest BCUT2D eigenvalue weighted by Crippen LogP contribution is 2.13. The lowest BCUT2D eigenvalue weighted by Gasteiger charge is -2.22. The van der Waals surface area contributed by atoms with Crippen molar-refractivity contribution in [3.8, 4) is 0 Å². The minimum atomic E-state index is -0.0441. The van der Waals surface area contributed by atoms with E-state index in [9.17, 15) is 4.79 Å². The number of hydrogen-bond donors (Lipinski definition) is 1. The quantitative estimate of drug-likeness (QED) is 0.614. The molecule has 2 rings (SSSR count). The molecule has 1 aromatic rings. The zero-order chi connectivity index (χ0) is 12.6. The fourth-order valence-corrected chi connectivity index (χ4v) is 2.19. The van der Waals surface area contributed by atoms with Crippen LogP contribution in [0.2, 0.25) is 0 Å². The fraction of sp³-hybridized carbons (Fsp3) is 0.571. The molecule has 1 aliphatic heterocycles. The summed E-state index contributed by atoms with van der Waals surface area (Å²) in [6.45, 7) is 3.01. The highest BCUT2D eigenvalue weighted by atomic mass is 16.5. The first-order valence-corrected chi connectivity index (χ1v) is 6.59. The van der Waals surface area contributed by atoms with E-state index in [1.165, 1.54) is 12.8 Å². The van der Waals surface area contributed by atoms with E-state index < -0.39 is 0 Å². The SMILES string of the molecule is O=C(COCC[C@@H]1CCCNC1)c1ccccn1. The minimum Gasteiger partial charge on any atom is -0.373 e. The molecule has 1 aliphatic rings. The predicted molar refractivity (Wildman–Crippen MR) is 69.6 cm³/mol. The third kappa shape index (κ3) is 4.20. The van der Waals surface area contributed by atoms with E-state index in [0.717, 1.165) is 19.5 Å². The van der Waals surface area contributed by atoms with Crippen LogP contribution in [-0.2, 0) is 4.74 Å².